The van der Waals surface area contributed by atoms with E-state index in [1.807, 2.05) is 26.0 Å². The summed E-state index contributed by atoms with van der Waals surface area (Å²) in [6, 6.07) is 5.05. The van der Waals surface area contributed by atoms with Gasteiger partial charge in [0, 0.05) is 4.91 Å². The molecule has 102 valence electrons. The standard InChI is InChI=1S/C13H14F3N3/c1-9(2)11-6-3-10(4-7-11)5-8-12(18-19-17)13(14,15)16/h3-9,12H,1-2H3. The van der Waals surface area contributed by atoms with Gasteiger partial charge in [0.25, 0.3) is 0 Å². The van der Waals surface area contributed by atoms with Gasteiger partial charge in [-0.25, -0.2) is 0 Å². The highest BCUT2D eigenvalue weighted by molar-refractivity contribution is 5.50. The largest absolute Gasteiger partial charge is 0.400 e. The molecule has 0 N–H and O–H groups in total. The molecule has 0 aromatic heterocycles. The summed E-state index contributed by atoms with van der Waals surface area (Å²) in [4.78, 5) is 2.21. The Hall–Kier alpha value is -1.94. The summed E-state index contributed by atoms with van der Waals surface area (Å²) >= 11 is 0. The number of hydrogen-bond acceptors (Lipinski definition) is 1. The number of alkyl halides is 3. The van der Waals surface area contributed by atoms with Gasteiger partial charge >= 0.3 is 6.18 Å². The van der Waals surface area contributed by atoms with Crippen molar-refractivity contribution < 1.29 is 13.2 Å². The molecule has 0 aliphatic heterocycles. The predicted molar refractivity (Wildman–Crippen MR) is 68.6 cm³/mol. The first-order chi connectivity index (χ1) is 8.84. The second-order valence-corrected chi connectivity index (χ2v) is 4.37. The Labute approximate surface area is 109 Å². The third-order valence-electron chi connectivity index (χ3n) is 2.59. The summed E-state index contributed by atoms with van der Waals surface area (Å²) in [7, 11) is 0. The Morgan fingerprint density at radius 3 is 2.21 bits per heavy atom. The molecule has 0 aliphatic carbocycles. The summed E-state index contributed by atoms with van der Waals surface area (Å²) in [6.45, 7) is 4.07. The van der Waals surface area contributed by atoms with Crippen LogP contribution in [0.1, 0.15) is 30.9 Å². The van der Waals surface area contributed by atoms with Crippen molar-refractivity contribution in [1.82, 2.24) is 0 Å². The average molecular weight is 269 g/mol. The third kappa shape index (κ3) is 4.67. The van der Waals surface area contributed by atoms with Crippen LogP contribution in [0.5, 0.6) is 0 Å². The van der Waals surface area contributed by atoms with Crippen LogP contribution in [0.4, 0.5) is 13.2 Å². The maximum absolute atomic E-state index is 12.5. The zero-order chi connectivity index (χ0) is 14.5. The van der Waals surface area contributed by atoms with Crippen molar-refractivity contribution >= 4 is 6.08 Å². The van der Waals surface area contributed by atoms with E-state index in [1.54, 1.807) is 12.1 Å². The smallest absolute Gasteiger partial charge is 0.170 e. The average Bonchev–Trinajstić information content (AvgIpc) is 2.33. The Kier molecular flexibility index (Phi) is 5.01. The van der Waals surface area contributed by atoms with E-state index in [2.05, 4.69) is 10.0 Å². The van der Waals surface area contributed by atoms with Gasteiger partial charge in [0.1, 0.15) is 0 Å². The van der Waals surface area contributed by atoms with Crippen molar-refractivity contribution in [2.75, 3.05) is 0 Å². The highest BCUT2D eigenvalue weighted by Crippen LogP contribution is 2.25. The molecule has 1 unspecified atom stereocenters. The van der Waals surface area contributed by atoms with Crippen LogP contribution in [0.15, 0.2) is 35.5 Å². The van der Waals surface area contributed by atoms with Crippen LogP contribution in [-0.4, -0.2) is 12.2 Å². The molecule has 0 saturated heterocycles. The normalized spacial score (nSPS) is 13.6. The van der Waals surface area contributed by atoms with Crippen LogP contribution in [0, 0.1) is 0 Å². The fraction of sp³-hybridized carbons (Fsp3) is 0.385. The van der Waals surface area contributed by atoms with Crippen molar-refractivity contribution in [2.24, 2.45) is 5.11 Å². The summed E-state index contributed by atoms with van der Waals surface area (Å²) < 4.78 is 37.4. The van der Waals surface area contributed by atoms with Gasteiger partial charge in [-0.05, 0) is 22.6 Å². The molecule has 19 heavy (non-hydrogen) atoms. The van der Waals surface area contributed by atoms with Crippen LogP contribution in [0.2, 0.25) is 0 Å². The fourth-order valence-corrected chi connectivity index (χ4v) is 1.46. The van der Waals surface area contributed by atoms with Crippen molar-refractivity contribution in [3.63, 3.8) is 0 Å². The maximum atomic E-state index is 12.5. The lowest BCUT2D eigenvalue weighted by atomic mass is 10.0. The molecule has 0 heterocycles. The van der Waals surface area contributed by atoms with Crippen LogP contribution in [0.3, 0.4) is 0 Å². The van der Waals surface area contributed by atoms with Crippen LogP contribution < -0.4 is 0 Å². The minimum Gasteiger partial charge on any atom is -0.170 e. The second-order valence-electron chi connectivity index (χ2n) is 4.37. The number of halogens is 3. The maximum Gasteiger partial charge on any atom is 0.400 e. The molecule has 1 aromatic rings. The molecular formula is C13H14F3N3. The number of rotatable bonds is 4. The van der Waals surface area contributed by atoms with E-state index >= 15 is 0 Å². The summed E-state index contributed by atoms with van der Waals surface area (Å²) in [5.74, 6) is 0.365. The van der Waals surface area contributed by atoms with Gasteiger partial charge in [0.15, 0.2) is 6.04 Å². The molecule has 0 bridgehead atoms. The lowest BCUT2D eigenvalue weighted by molar-refractivity contribution is -0.136. The first kappa shape index (κ1) is 15.1. The molecule has 6 heteroatoms. The van der Waals surface area contributed by atoms with Gasteiger partial charge in [-0.2, -0.15) is 13.2 Å². The molecule has 0 amide bonds. The molecule has 0 radical (unpaired) electrons. The SMILES string of the molecule is CC(C)c1ccc(C=CC(N=[N+]=[N-])C(F)(F)F)cc1. The zero-order valence-corrected chi connectivity index (χ0v) is 10.6. The molecule has 1 rings (SSSR count). The summed E-state index contributed by atoms with van der Waals surface area (Å²) in [6.07, 6.45) is -2.42. The van der Waals surface area contributed by atoms with E-state index in [0.717, 1.165) is 11.6 Å². The molecule has 0 aliphatic rings. The van der Waals surface area contributed by atoms with Gasteiger partial charge in [-0.3, -0.25) is 0 Å². The monoisotopic (exact) mass is 269 g/mol. The number of hydrogen-bond donors (Lipinski definition) is 0. The third-order valence-corrected chi connectivity index (χ3v) is 2.59. The van der Waals surface area contributed by atoms with Gasteiger partial charge in [-0.15, -0.1) is 0 Å². The van der Waals surface area contributed by atoms with Crippen LogP contribution in [0.25, 0.3) is 16.5 Å². The van der Waals surface area contributed by atoms with E-state index in [0.29, 0.717) is 11.5 Å². The number of benzene rings is 1. The van der Waals surface area contributed by atoms with Crippen LogP contribution >= 0.6 is 0 Å². The van der Waals surface area contributed by atoms with Gasteiger partial charge in [-0.1, -0.05) is 55.4 Å². The van der Waals surface area contributed by atoms with Gasteiger partial charge in [0.05, 0.1) is 0 Å². The molecule has 0 fully saturated rings. The zero-order valence-electron chi connectivity index (χ0n) is 10.6. The summed E-state index contributed by atoms with van der Waals surface area (Å²) in [5.41, 5.74) is 9.86. The molecule has 0 saturated carbocycles. The number of nitrogens with zero attached hydrogens (tertiary/aromatic N) is 3. The van der Waals surface area contributed by atoms with E-state index in [1.165, 1.54) is 6.08 Å². The fourth-order valence-electron chi connectivity index (χ4n) is 1.46. The number of azide groups is 1. The highest BCUT2D eigenvalue weighted by Gasteiger charge is 2.36. The second kappa shape index (κ2) is 6.29. The van der Waals surface area contributed by atoms with Crippen molar-refractivity contribution in [3.8, 4) is 0 Å². The molecule has 1 aromatic carbocycles. The predicted octanol–water partition coefficient (Wildman–Crippen LogP) is 5.06. The lowest BCUT2D eigenvalue weighted by Crippen LogP contribution is -2.24. The van der Waals surface area contributed by atoms with E-state index < -0.39 is 12.2 Å². The van der Waals surface area contributed by atoms with E-state index in [4.69, 9.17) is 5.53 Å². The van der Waals surface area contributed by atoms with E-state index in [9.17, 15) is 13.2 Å². The Morgan fingerprint density at radius 1 is 1.21 bits per heavy atom. The van der Waals surface area contributed by atoms with Crippen molar-refractivity contribution in [3.05, 3.63) is 51.9 Å². The molecule has 0 spiro atoms. The lowest BCUT2D eigenvalue weighted by Gasteiger charge is -2.10. The minimum absolute atomic E-state index is 0.365. The Bertz CT molecular complexity index is 483. The van der Waals surface area contributed by atoms with Crippen LogP contribution in [-0.2, 0) is 0 Å². The Balaban J connectivity index is 2.87. The quantitative estimate of drug-likeness (QED) is 0.416. The minimum atomic E-state index is -4.57. The van der Waals surface area contributed by atoms with Crippen molar-refractivity contribution in [2.45, 2.75) is 32.0 Å². The van der Waals surface area contributed by atoms with Gasteiger partial charge in [0.2, 0.25) is 0 Å². The Morgan fingerprint density at radius 2 is 1.79 bits per heavy atom. The van der Waals surface area contributed by atoms with Gasteiger partial charge < -0.3 is 0 Å². The van der Waals surface area contributed by atoms with Crippen molar-refractivity contribution in [1.29, 1.82) is 0 Å². The first-order valence-electron chi connectivity index (χ1n) is 5.73. The molecule has 3 nitrogen and oxygen atoms in total. The van der Waals surface area contributed by atoms with E-state index in [-0.39, 0.29) is 0 Å². The topological polar surface area (TPSA) is 48.8 Å². The molecule has 1 atom stereocenters. The highest BCUT2D eigenvalue weighted by atomic mass is 19.4. The molecular weight excluding hydrogens is 255 g/mol. The summed E-state index contributed by atoms with van der Waals surface area (Å²) in [5, 5.41) is 2.73. The first-order valence-corrected chi connectivity index (χ1v) is 5.73.